The minimum absolute atomic E-state index is 0.0980. The summed E-state index contributed by atoms with van der Waals surface area (Å²) < 4.78 is 10.7. The van der Waals surface area contributed by atoms with Crippen LogP contribution in [0.5, 0.6) is 0 Å². The molecule has 6 heteroatoms. The first-order chi connectivity index (χ1) is 8.20. The summed E-state index contributed by atoms with van der Waals surface area (Å²) >= 11 is 1.58. The Hall–Kier alpha value is -1.24. The van der Waals surface area contributed by atoms with Crippen LogP contribution in [0.1, 0.15) is 12.8 Å². The number of nitrogens with zero attached hydrogens (tertiary/aromatic N) is 2. The van der Waals surface area contributed by atoms with Gasteiger partial charge in [0.1, 0.15) is 0 Å². The molecule has 0 bridgehead atoms. The quantitative estimate of drug-likeness (QED) is 0.873. The summed E-state index contributed by atoms with van der Waals surface area (Å²) in [7, 11) is 0. The van der Waals surface area contributed by atoms with Crippen LogP contribution in [0.4, 0.5) is 0 Å². The first-order valence-corrected chi connectivity index (χ1v) is 6.29. The number of ether oxygens (including phenoxy) is 1. The second-order valence-corrected chi connectivity index (χ2v) is 5.39. The van der Waals surface area contributed by atoms with Gasteiger partial charge in [0.15, 0.2) is 0 Å². The van der Waals surface area contributed by atoms with Crippen molar-refractivity contribution in [2.75, 3.05) is 13.2 Å². The highest BCUT2D eigenvalue weighted by Gasteiger charge is 2.44. The lowest BCUT2D eigenvalue weighted by molar-refractivity contribution is 0.169. The van der Waals surface area contributed by atoms with Crippen molar-refractivity contribution in [3.05, 3.63) is 23.4 Å². The first kappa shape index (κ1) is 10.9. The van der Waals surface area contributed by atoms with E-state index in [0.717, 1.165) is 4.88 Å². The Morgan fingerprint density at radius 3 is 3.12 bits per heavy atom. The third-order valence-corrected chi connectivity index (χ3v) is 4.04. The van der Waals surface area contributed by atoms with Crippen LogP contribution in [0.3, 0.4) is 0 Å². The molecule has 0 radical (unpaired) electrons. The van der Waals surface area contributed by atoms with Crippen LogP contribution in [-0.4, -0.2) is 29.4 Å². The van der Waals surface area contributed by atoms with Gasteiger partial charge in [0.25, 0.3) is 0 Å². The van der Waals surface area contributed by atoms with Crippen LogP contribution in [0.2, 0.25) is 0 Å². The fraction of sp³-hybridized carbons (Fsp3) is 0.455. The number of aromatic nitrogens is 2. The van der Waals surface area contributed by atoms with Crippen LogP contribution >= 0.6 is 11.3 Å². The molecule has 0 aliphatic carbocycles. The summed E-state index contributed by atoms with van der Waals surface area (Å²) in [5.41, 5.74) is 5.65. The van der Waals surface area contributed by atoms with E-state index >= 15 is 0 Å². The topological polar surface area (TPSA) is 74.2 Å². The Balaban J connectivity index is 1.95. The average molecular weight is 251 g/mol. The van der Waals surface area contributed by atoms with E-state index in [1.807, 2.05) is 24.4 Å². The summed E-state index contributed by atoms with van der Waals surface area (Å²) in [4.78, 5) is 5.43. The molecule has 0 amide bonds. The van der Waals surface area contributed by atoms with Gasteiger partial charge in [0, 0.05) is 6.04 Å². The second kappa shape index (κ2) is 3.90. The van der Waals surface area contributed by atoms with Crippen LogP contribution in [0.15, 0.2) is 22.0 Å². The zero-order valence-electron chi connectivity index (χ0n) is 9.42. The molecule has 2 atom stereocenters. The number of thiophene rings is 1. The molecular formula is C11H13N3O2S. The maximum absolute atomic E-state index is 6.02. The minimum atomic E-state index is -0.373. The van der Waals surface area contributed by atoms with Gasteiger partial charge in [0.05, 0.1) is 23.5 Å². The van der Waals surface area contributed by atoms with Crippen molar-refractivity contribution in [2.45, 2.75) is 18.4 Å². The van der Waals surface area contributed by atoms with Crippen LogP contribution in [0, 0.1) is 0 Å². The van der Waals surface area contributed by atoms with E-state index in [4.69, 9.17) is 15.0 Å². The van der Waals surface area contributed by atoms with Gasteiger partial charge in [-0.3, -0.25) is 0 Å². The predicted octanol–water partition coefficient (Wildman–Crippen LogP) is 1.41. The van der Waals surface area contributed by atoms with Gasteiger partial charge < -0.3 is 15.0 Å². The van der Waals surface area contributed by atoms with Gasteiger partial charge in [-0.1, -0.05) is 11.2 Å². The zero-order chi connectivity index (χ0) is 11.9. The van der Waals surface area contributed by atoms with Gasteiger partial charge in [-0.2, -0.15) is 4.98 Å². The van der Waals surface area contributed by atoms with Crippen molar-refractivity contribution in [2.24, 2.45) is 5.73 Å². The molecule has 5 nitrogen and oxygen atoms in total. The highest BCUT2D eigenvalue weighted by atomic mass is 32.1. The van der Waals surface area contributed by atoms with Gasteiger partial charge >= 0.3 is 0 Å². The largest absolute Gasteiger partial charge is 0.379 e. The van der Waals surface area contributed by atoms with E-state index in [0.29, 0.717) is 24.9 Å². The Bertz CT molecular complexity index is 511. The molecule has 1 aliphatic rings. The monoisotopic (exact) mass is 251 g/mol. The number of hydrogen-bond acceptors (Lipinski definition) is 6. The molecule has 2 aromatic heterocycles. The highest BCUT2D eigenvalue weighted by molar-refractivity contribution is 7.13. The molecule has 90 valence electrons. The predicted molar refractivity (Wildman–Crippen MR) is 63.8 cm³/mol. The lowest BCUT2D eigenvalue weighted by Crippen LogP contribution is -2.42. The average Bonchev–Trinajstić information content (AvgIpc) is 3.01. The van der Waals surface area contributed by atoms with Crippen LogP contribution in [0.25, 0.3) is 10.7 Å². The molecule has 0 saturated carbocycles. The Labute approximate surface area is 103 Å². The highest BCUT2D eigenvalue weighted by Crippen LogP contribution is 2.32. The Kier molecular flexibility index (Phi) is 2.50. The van der Waals surface area contributed by atoms with E-state index in [2.05, 4.69) is 10.1 Å². The Morgan fingerprint density at radius 2 is 2.47 bits per heavy atom. The summed E-state index contributed by atoms with van der Waals surface area (Å²) in [6.45, 7) is 3.06. The maximum Gasteiger partial charge on any atom is 0.236 e. The van der Waals surface area contributed by atoms with Crippen molar-refractivity contribution >= 4 is 11.3 Å². The van der Waals surface area contributed by atoms with Crippen LogP contribution < -0.4 is 5.73 Å². The van der Waals surface area contributed by atoms with Crippen molar-refractivity contribution < 1.29 is 9.26 Å². The molecule has 2 aromatic rings. The van der Waals surface area contributed by atoms with Crippen molar-refractivity contribution in [3.8, 4) is 10.7 Å². The molecule has 1 fully saturated rings. The Morgan fingerprint density at radius 1 is 1.59 bits per heavy atom. The minimum Gasteiger partial charge on any atom is -0.379 e. The van der Waals surface area contributed by atoms with Crippen molar-refractivity contribution in [3.63, 3.8) is 0 Å². The second-order valence-electron chi connectivity index (χ2n) is 4.44. The number of hydrogen-bond donors (Lipinski definition) is 1. The SMILES string of the molecule is CC1(c2nc(-c3cccs3)no2)COCC1N. The van der Waals surface area contributed by atoms with Gasteiger partial charge in [-0.05, 0) is 18.4 Å². The molecule has 2 N–H and O–H groups in total. The number of rotatable bonds is 2. The molecule has 1 aliphatic heterocycles. The van der Waals surface area contributed by atoms with E-state index < -0.39 is 0 Å². The third-order valence-electron chi connectivity index (χ3n) is 3.17. The van der Waals surface area contributed by atoms with Crippen molar-refractivity contribution in [1.82, 2.24) is 10.1 Å². The van der Waals surface area contributed by atoms with Gasteiger partial charge in [-0.15, -0.1) is 11.3 Å². The molecule has 0 spiro atoms. The smallest absolute Gasteiger partial charge is 0.236 e. The summed E-state index contributed by atoms with van der Waals surface area (Å²) in [5.74, 6) is 1.18. The van der Waals surface area contributed by atoms with Crippen molar-refractivity contribution in [1.29, 1.82) is 0 Å². The third kappa shape index (κ3) is 1.69. The van der Waals surface area contributed by atoms with E-state index in [1.54, 1.807) is 11.3 Å². The lowest BCUT2D eigenvalue weighted by atomic mass is 9.86. The lowest BCUT2D eigenvalue weighted by Gasteiger charge is -2.21. The molecule has 3 rings (SSSR count). The van der Waals surface area contributed by atoms with E-state index in [-0.39, 0.29) is 11.5 Å². The fourth-order valence-electron chi connectivity index (χ4n) is 1.87. The molecule has 2 unspecified atom stereocenters. The maximum atomic E-state index is 6.02. The molecule has 0 aromatic carbocycles. The fourth-order valence-corrected chi connectivity index (χ4v) is 2.52. The molecular weight excluding hydrogens is 238 g/mol. The van der Waals surface area contributed by atoms with E-state index in [9.17, 15) is 0 Å². The summed E-state index contributed by atoms with van der Waals surface area (Å²) in [6.07, 6.45) is 0. The van der Waals surface area contributed by atoms with Crippen LogP contribution in [-0.2, 0) is 10.2 Å². The standard InChI is InChI=1S/C11H13N3O2S/c1-11(6-15-5-8(11)12)10-13-9(14-16-10)7-3-2-4-17-7/h2-4,8H,5-6,12H2,1H3. The summed E-state index contributed by atoms with van der Waals surface area (Å²) in [6, 6.07) is 3.83. The zero-order valence-corrected chi connectivity index (χ0v) is 10.2. The van der Waals surface area contributed by atoms with Gasteiger partial charge in [-0.25, -0.2) is 0 Å². The molecule has 17 heavy (non-hydrogen) atoms. The van der Waals surface area contributed by atoms with E-state index in [1.165, 1.54) is 0 Å². The molecule has 1 saturated heterocycles. The normalized spacial score (nSPS) is 28.7. The van der Waals surface area contributed by atoms with Gasteiger partial charge in [0.2, 0.25) is 11.7 Å². The molecule has 3 heterocycles. The number of nitrogens with two attached hydrogens (primary N) is 1. The summed E-state index contributed by atoms with van der Waals surface area (Å²) in [5, 5.41) is 5.98. The first-order valence-electron chi connectivity index (χ1n) is 5.41.